The Hall–Kier alpha value is -2.10. The van der Waals surface area contributed by atoms with Crippen molar-refractivity contribution in [2.24, 2.45) is 0 Å². The monoisotopic (exact) mass is 273 g/mol. The average molecular weight is 273 g/mol. The van der Waals surface area contributed by atoms with Crippen LogP contribution in [0, 0.1) is 6.92 Å². The van der Waals surface area contributed by atoms with Crippen molar-refractivity contribution < 1.29 is 14.3 Å². The van der Waals surface area contributed by atoms with E-state index in [4.69, 9.17) is 4.74 Å². The van der Waals surface area contributed by atoms with Crippen molar-refractivity contribution >= 4 is 18.0 Å². The number of aryl methyl sites for hydroxylation is 1. The first-order chi connectivity index (χ1) is 9.61. The number of carbonyl (C=O) groups excluding carboxylic acids is 2. The summed E-state index contributed by atoms with van der Waals surface area (Å²) in [5, 5.41) is 0. The standard InChI is InChI=1S/C16H19NO3/c1-12-5-3-6-13(11-12)8-9-15(18)17-10-4-7-14(17)16(19)20-2/h3,5-6,8-9,11,14H,4,7,10H2,1-2H3/b9-8+. The van der Waals surface area contributed by atoms with E-state index >= 15 is 0 Å². The predicted octanol–water partition coefficient (Wildman–Crippen LogP) is 2.17. The Labute approximate surface area is 119 Å². The van der Waals surface area contributed by atoms with Crippen LogP contribution in [0.1, 0.15) is 24.0 Å². The molecular weight excluding hydrogens is 254 g/mol. The predicted molar refractivity (Wildman–Crippen MR) is 77.0 cm³/mol. The zero-order valence-corrected chi connectivity index (χ0v) is 11.8. The minimum absolute atomic E-state index is 0.139. The normalized spacial score (nSPS) is 18.5. The van der Waals surface area contributed by atoms with Crippen molar-refractivity contribution in [3.05, 3.63) is 41.5 Å². The topological polar surface area (TPSA) is 46.6 Å². The van der Waals surface area contributed by atoms with E-state index in [9.17, 15) is 9.59 Å². The Morgan fingerprint density at radius 2 is 2.20 bits per heavy atom. The second kappa shape index (κ2) is 6.37. The van der Waals surface area contributed by atoms with Crippen LogP contribution in [-0.4, -0.2) is 36.5 Å². The summed E-state index contributed by atoms with van der Waals surface area (Å²) >= 11 is 0. The molecule has 0 spiro atoms. The van der Waals surface area contributed by atoms with Gasteiger partial charge < -0.3 is 9.64 Å². The number of esters is 1. The smallest absolute Gasteiger partial charge is 0.328 e. The molecule has 1 aromatic rings. The van der Waals surface area contributed by atoms with Crippen molar-refractivity contribution in [1.82, 2.24) is 4.90 Å². The third-order valence-corrected chi connectivity index (χ3v) is 3.47. The minimum atomic E-state index is -0.436. The molecule has 1 unspecified atom stereocenters. The lowest BCUT2D eigenvalue weighted by atomic mass is 10.1. The van der Waals surface area contributed by atoms with Gasteiger partial charge in [0.05, 0.1) is 7.11 Å². The summed E-state index contributed by atoms with van der Waals surface area (Å²) < 4.78 is 4.74. The Bertz CT molecular complexity index is 536. The van der Waals surface area contributed by atoms with E-state index in [1.165, 1.54) is 13.2 Å². The number of rotatable bonds is 3. The number of ether oxygens (including phenoxy) is 1. The number of carbonyl (C=O) groups is 2. The molecule has 0 aliphatic carbocycles. The van der Waals surface area contributed by atoms with Crippen LogP contribution < -0.4 is 0 Å². The molecule has 1 saturated heterocycles. The van der Waals surface area contributed by atoms with Gasteiger partial charge in [0, 0.05) is 12.6 Å². The van der Waals surface area contributed by atoms with Gasteiger partial charge in [0.15, 0.2) is 0 Å². The number of methoxy groups -OCH3 is 1. The maximum atomic E-state index is 12.2. The molecule has 1 aliphatic rings. The summed E-state index contributed by atoms with van der Waals surface area (Å²) in [4.78, 5) is 25.4. The Morgan fingerprint density at radius 3 is 2.90 bits per heavy atom. The van der Waals surface area contributed by atoms with E-state index in [1.54, 1.807) is 11.0 Å². The summed E-state index contributed by atoms with van der Waals surface area (Å²) in [6.45, 7) is 2.61. The highest BCUT2D eigenvalue weighted by molar-refractivity contribution is 5.95. The molecule has 4 heteroatoms. The van der Waals surface area contributed by atoms with Crippen LogP contribution in [0.5, 0.6) is 0 Å². The summed E-state index contributed by atoms with van der Waals surface area (Å²) in [6, 6.07) is 7.47. The minimum Gasteiger partial charge on any atom is -0.467 e. The quantitative estimate of drug-likeness (QED) is 0.626. The van der Waals surface area contributed by atoms with Crippen molar-refractivity contribution in [2.75, 3.05) is 13.7 Å². The number of hydrogen-bond donors (Lipinski definition) is 0. The molecular formula is C16H19NO3. The number of likely N-dealkylation sites (tertiary alicyclic amines) is 1. The lowest BCUT2D eigenvalue weighted by Gasteiger charge is -2.20. The van der Waals surface area contributed by atoms with E-state index in [2.05, 4.69) is 0 Å². The molecule has 2 rings (SSSR count). The molecule has 20 heavy (non-hydrogen) atoms. The van der Waals surface area contributed by atoms with Gasteiger partial charge in [0.25, 0.3) is 0 Å². The SMILES string of the molecule is COC(=O)C1CCCN1C(=O)/C=C/c1cccc(C)c1. The van der Waals surface area contributed by atoms with Gasteiger partial charge >= 0.3 is 5.97 Å². The molecule has 0 radical (unpaired) electrons. The lowest BCUT2D eigenvalue weighted by molar-refractivity contribution is -0.149. The van der Waals surface area contributed by atoms with Crippen LogP contribution in [0.15, 0.2) is 30.3 Å². The van der Waals surface area contributed by atoms with Gasteiger partial charge in [-0.3, -0.25) is 4.79 Å². The molecule has 1 atom stereocenters. The molecule has 1 fully saturated rings. The Kier molecular flexibility index (Phi) is 4.56. The summed E-state index contributed by atoms with van der Waals surface area (Å²) in [7, 11) is 1.35. The summed E-state index contributed by atoms with van der Waals surface area (Å²) in [5.41, 5.74) is 2.13. The highest BCUT2D eigenvalue weighted by Gasteiger charge is 2.33. The molecule has 1 aromatic carbocycles. The fourth-order valence-electron chi connectivity index (χ4n) is 2.45. The zero-order valence-electron chi connectivity index (χ0n) is 11.8. The van der Waals surface area contributed by atoms with Gasteiger partial charge in [0.1, 0.15) is 6.04 Å². The fraction of sp³-hybridized carbons (Fsp3) is 0.375. The third-order valence-electron chi connectivity index (χ3n) is 3.47. The molecule has 1 amide bonds. The Morgan fingerprint density at radius 1 is 1.40 bits per heavy atom. The van der Waals surface area contributed by atoms with Crippen LogP contribution >= 0.6 is 0 Å². The number of nitrogens with zero attached hydrogens (tertiary/aromatic N) is 1. The van der Waals surface area contributed by atoms with Crippen LogP contribution in [-0.2, 0) is 14.3 Å². The summed E-state index contributed by atoms with van der Waals surface area (Å²) in [6.07, 6.45) is 4.82. The highest BCUT2D eigenvalue weighted by Crippen LogP contribution is 2.19. The first kappa shape index (κ1) is 14.3. The first-order valence-corrected chi connectivity index (χ1v) is 6.75. The van der Waals surface area contributed by atoms with E-state index < -0.39 is 6.04 Å². The van der Waals surface area contributed by atoms with E-state index in [-0.39, 0.29) is 11.9 Å². The van der Waals surface area contributed by atoms with E-state index in [1.807, 2.05) is 31.2 Å². The van der Waals surface area contributed by atoms with E-state index in [0.717, 1.165) is 17.5 Å². The molecule has 106 valence electrons. The highest BCUT2D eigenvalue weighted by atomic mass is 16.5. The van der Waals surface area contributed by atoms with Crippen LogP contribution in [0.2, 0.25) is 0 Å². The van der Waals surface area contributed by atoms with Crippen molar-refractivity contribution in [2.45, 2.75) is 25.8 Å². The van der Waals surface area contributed by atoms with Gasteiger partial charge in [-0.1, -0.05) is 29.8 Å². The molecule has 1 aliphatic heterocycles. The number of hydrogen-bond acceptors (Lipinski definition) is 3. The zero-order chi connectivity index (χ0) is 14.5. The lowest BCUT2D eigenvalue weighted by Crippen LogP contribution is -2.40. The number of amides is 1. The third kappa shape index (κ3) is 3.26. The van der Waals surface area contributed by atoms with Crippen LogP contribution in [0.25, 0.3) is 6.08 Å². The van der Waals surface area contributed by atoms with Crippen molar-refractivity contribution in [3.8, 4) is 0 Å². The van der Waals surface area contributed by atoms with Crippen LogP contribution in [0.3, 0.4) is 0 Å². The second-order valence-corrected chi connectivity index (χ2v) is 4.96. The number of benzene rings is 1. The van der Waals surface area contributed by atoms with Crippen molar-refractivity contribution in [1.29, 1.82) is 0 Å². The first-order valence-electron chi connectivity index (χ1n) is 6.75. The molecule has 4 nitrogen and oxygen atoms in total. The molecule has 0 aromatic heterocycles. The molecule has 0 saturated carbocycles. The molecule has 1 heterocycles. The van der Waals surface area contributed by atoms with Gasteiger partial charge in [-0.25, -0.2) is 4.79 Å². The van der Waals surface area contributed by atoms with Gasteiger partial charge in [-0.15, -0.1) is 0 Å². The van der Waals surface area contributed by atoms with Gasteiger partial charge in [0.2, 0.25) is 5.91 Å². The second-order valence-electron chi connectivity index (χ2n) is 4.96. The molecule has 0 bridgehead atoms. The average Bonchev–Trinajstić information content (AvgIpc) is 2.93. The van der Waals surface area contributed by atoms with Gasteiger partial charge in [-0.05, 0) is 31.4 Å². The van der Waals surface area contributed by atoms with Crippen molar-refractivity contribution in [3.63, 3.8) is 0 Å². The maximum Gasteiger partial charge on any atom is 0.328 e. The maximum absolute atomic E-state index is 12.2. The van der Waals surface area contributed by atoms with Crippen LogP contribution in [0.4, 0.5) is 0 Å². The summed E-state index contributed by atoms with van der Waals surface area (Å²) in [5.74, 6) is -0.473. The van der Waals surface area contributed by atoms with Gasteiger partial charge in [-0.2, -0.15) is 0 Å². The van der Waals surface area contributed by atoms with E-state index in [0.29, 0.717) is 13.0 Å². The largest absolute Gasteiger partial charge is 0.467 e. The fourth-order valence-corrected chi connectivity index (χ4v) is 2.45. The molecule has 0 N–H and O–H groups in total. The Balaban J connectivity index is 2.06.